The van der Waals surface area contributed by atoms with Gasteiger partial charge in [-0.15, -0.1) is 0 Å². The summed E-state index contributed by atoms with van der Waals surface area (Å²) < 4.78 is 27.1. The maximum atomic E-state index is 13.7. The highest BCUT2D eigenvalue weighted by Crippen LogP contribution is 2.28. The molecule has 1 aromatic carbocycles. The first-order valence-corrected chi connectivity index (χ1v) is 4.97. The number of hydrogen-bond donors (Lipinski definition) is 2. The molecule has 0 aliphatic carbocycles. The van der Waals surface area contributed by atoms with Crippen molar-refractivity contribution in [2.75, 3.05) is 0 Å². The van der Waals surface area contributed by atoms with Crippen molar-refractivity contribution in [1.82, 2.24) is 9.78 Å². The molecule has 10 heteroatoms. The molecule has 2 rings (SSSR count). The van der Waals surface area contributed by atoms with E-state index in [1.165, 1.54) is 0 Å². The SMILES string of the molecule is O=C(O)c1nn(-c2c(F)cc(F)cc2[N+](=O)[O-])cc1O. The molecule has 0 saturated carbocycles. The van der Waals surface area contributed by atoms with Crippen LogP contribution < -0.4 is 0 Å². The van der Waals surface area contributed by atoms with Crippen molar-refractivity contribution in [3.63, 3.8) is 0 Å². The number of carbonyl (C=O) groups is 1. The standard InChI is InChI=1S/C10H5F2N3O5/c11-4-1-5(12)9(6(2-4)15(19)20)14-3-7(16)8(13-14)10(17)18/h1-3,16H,(H,17,18). The minimum Gasteiger partial charge on any atom is -0.504 e. The van der Waals surface area contributed by atoms with Gasteiger partial charge in [-0.2, -0.15) is 5.10 Å². The molecular formula is C10H5F2N3O5. The van der Waals surface area contributed by atoms with E-state index in [9.17, 15) is 28.8 Å². The van der Waals surface area contributed by atoms with Gasteiger partial charge < -0.3 is 10.2 Å². The highest BCUT2D eigenvalue weighted by atomic mass is 19.1. The van der Waals surface area contributed by atoms with Crippen LogP contribution in [0.4, 0.5) is 14.5 Å². The van der Waals surface area contributed by atoms with Crippen molar-refractivity contribution in [3.8, 4) is 11.4 Å². The van der Waals surface area contributed by atoms with Gasteiger partial charge in [-0.1, -0.05) is 0 Å². The minimum atomic E-state index is -1.61. The van der Waals surface area contributed by atoms with Crippen molar-refractivity contribution in [2.45, 2.75) is 0 Å². The maximum Gasteiger partial charge on any atom is 0.360 e. The number of nitrogens with zero attached hydrogens (tertiary/aromatic N) is 3. The number of nitro benzene ring substituents is 1. The number of aromatic nitrogens is 2. The van der Waals surface area contributed by atoms with Gasteiger partial charge in [-0.3, -0.25) is 10.1 Å². The minimum absolute atomic E-state index is 0.376. The first-order valence-electron chi connectivity index (χ1n) is 4.97. The monoisotopic (exact) mass is 285 g/mol. The average molecular weight is 285 g/mol. The van der Waals surface area contributed by atoms with Crippen LogP contribution in [-0.4, -0.2) is 30.9 Å². The summed E-state index contributed by atoms with van der Waals surface area (Å²) in [5.74, 6) is -4.91. The lowest BCUT2D eigenvalue weighted by Crippen LogP contribution is -2.06. The van der Waals surface area contributed by atoms with Gasteiger partial charge in [-0.05, 0) is 0 Å². The lowest BCUT2D eigenvalue weighted by Gasteiger charge is -2.04. The zero-order chi connectivity index (χ0) is 15.0. The zero-order valence-corrected chi connectivity index (χ0v) is 9.45. The predicted molar refractivity (Wildman–Crippen MR) is 58.8 cm³/mol. The van der Waals surface area contributed by atoms with Crippen molar-refractivity contribution in [1.29, 1.82) is 0 Å². The van der Waals surface area contributed by atoms with Gasteiger partial charge in [0.2, 0.25) is 5.69 Å². The highest BCUT2D eigenvalue weighted by molar-refractivity contribution is 5.88. The molecule has 0 bridgehead atoms. The van der Waals surface area contributed by atoms with Crippen LogP contribution in [0.15, 0.2) is 18.3 Å². The second-order valence-electron chi connectivity index (χ2n) is 3.63. The maximum absolute atomic E-state index is 13.7. The van der Waals surface area contributed by atoms with E-state index in [0.29, 0.717) is 23.0 Å². The number of carboxylic acid groups (broad SMARTS) is 1. The summed E-state index contributed by atoms with van der Waals surface area (Å²) in [5.41, 5.74) is -2.55. The summed E-state index contributed by atoms with van der Waals surface area (Å²) in [6.07, 6.45) is 0.673. The lowest BCUT2D eigenvalue weighted by molar-refractivity contribution is -0.385. The first kappa shape index (κ1) is 13.4. The average Bonchev–Trinajstić information content (AvgIpc) is 2.69. The van der Waals surface area contributed by atoms with Crippen LogP contribution in [0.1, 0.15) is 10.5 Å². The molecule has 8 nitrogen and oxygen atoms in total. The molecule has 0 saturated heterocycles. The van der Waals surface area contributed by atoms with Crippen LogP contribution in [-0.2, 0) is 0 Å². The fourth-order valence-corrected chi connectivity index (χ4v) is 1.55. The predicted octanol–water partition coefficient (Wildman–Crippen LogP) is 1.46. The Bertz CT molecular complexity index is 728. The van der Waals surface area contributed by atoms with Crippen LogP contribution >= 0.6 is 0 Å². The third-order valence-electron chi connectivity index (χ3n) is 2.33. The fraction of sp³-hybridized carbons (Fsp3) is 0. The van der Waals surface area contributed by atoms with E-state index in [2.05, 4.69) is 5.10 Å². The van der Waals surface area contributed by atoms with Crippen molar-refractivity contribution in [3.05, 3.63) is 45.8 Å². The smallest absolute Gasteiger partial charge is 0.360 e. The van der Waals surface area contributed by atoms with Gasteiger partial charge in [0.05, 0.1) is 17.2 Å². The van der Waals surface area contributed by atoms with Gasteiger partial charge in [0.15, 0.2) is 17.3 Å². The summed E-state index contributed by atoms with van der Waals surface area (Å²) in [6.45, 7) is 0. The van der Waals surface area contributed by atoms with E-state index < -0.39 is 45.3 Å². The fourth-order valence-electron chi connectivity index (χ4n) is 1.55. The van der Waals surface area contributed by atoms with Crippen LogP contribution in [0.3, 0.4) is 0 Å². The van der Waals surface area contributed by atoms with E-state index >= 15 is 0 Å². The van der Waals surface area contributed by atoms with Crippen LogP contribution in [0.2, 0.25) is 0 Å². The molecule has 1 heterocycles. The molecule has 20 heavy (non-hydrogen) atoms. The summed E-state index contributed by atoms with van der Waals surface area (Å²) in [6, 6.07) is 0.832. The molecule has 0 radical (unpaired) electrons. The Morgan fingerprint density at radius 2 is 2.05 bits per heavy atom. The molecule has 0 amide bonds. The van der Waals surface area contributed by atoms with Crippen LogP contribution in [0, 0.1) is 21.7 Å². The second-order valence-corrected chi connectivity index (χ2v) is 3.63. The summed E-state index contributed by atoms with van der Waals surface area (Å²) in [4.78, 5) is 20.4. The van der Waals surface area contributed by atoms with Crippen molar-refractivity contribution < 1.29 is 28.7 Å². The van der Waals surface area contributed by atoms with Gasteiger partial charge >= 0.3 is 11.7 Å². The Balaban J connectivity index is 2.72. The summed E-state index contributed by atoms with van der Waals surface area (Å²) in [5, 5.41) is 32.1. The molecule has 0 aliphatic heterocycles. The van der Waals surface area contributed by atoms with E-state index in [4.69, 9.17) is 5.11 Å². The van der Waals surface area contributed by atoms with Crippen LogP contribution in [0.5, 0.6) is 5.75 Å². The number of aromatic hydroxyl groups is 1. The van der Waals surface area contributed by atoms with Crippen molar-refractivity contribution >= 4 is 11.7 Å². The molecule has 104 valence electrons. The molecular weight excluding hydrogens is 280 g/mol. The Morgan fingerprint density at radius 1 is 1.40 bits per heavy atom. The topological polar surface area (TPSA) is 118 Å². The zero-order valence-electron chi connectivity index (χ0n) is 9.45. The van der Waals surface area contributed by atoms with Crippen molar-refractivity contribution in [2.24, 2.45) is 0 Å². The number of aromatic carboxylic acids is 1. The Hall–Kier alpha value is -3.04. The number of nitro groups is 1. The number of hydrogen-bond acceptors (Lipinski definition) is 5. The summed E-state index contributed by atoms with van der Waals surface area (Å²) >= 11 is 0. The quantitative estimate of drug-likeness (QED) is 0.651. The molecule has 1 aromatic heterocycles. The van der Waals surface area contributed by atoms with Gasteiger partial charge in [0, 0.05) is 6.07 Å². The van der Waals surface area contributed by atoms with Gasteiger partial charge in [-0.25, -0.2) is 18.3 Å². The molecule has 0 fully saturated rings. The second kappa shape index (κ2) is 4.57. The number of benzene rings is 1. The molecule has 0 spiro atoms. The van der Waals surface area contributed by atoms with Crippen LogP contribution in [0.25, 0.3) is 5.69 Å². The number of carboxylic acids is 1. The molecule has 0 atom stereocenters. The molecule has 2 aromatic rings. The van der Waals surface area contributed by atoms with Gasteiger partial charge in [0.1, 0.15) is 5.82 Å². The van der Waals surface area contributed by atoms with E-state index in [0.717, 1.165) is 0 Å². The molecule has 2 N–H and O–H groups in total. The van der Waals surface area contributed by atoms with E-state index in [1.807, 2.05) is 0 Å². The molecule has 0 aliphatic rings. The Morgan fingerprint density at radius 3 is 2.55 bits per heavy atom. The summed E-state index contributed by atoms with van der Waals surface area (Å²) in [7, 11) is 0. The number of halogens is 2. The Kier molecular flexibility index (Phi) is 3.06. The van der Waals surface area contributed by atoms with E-state index in [1.54, 1.807) is 0 Å². The van der Waals surface area contributed by atoms with E-state index in [-0.39, 0.29) is 0 Å². The first-order chi connectivity index (χ1) is 9.31. The molecule has 0 unspecified atom stereocenters. The number of rotatable bonds is 3. The normalized spacial score (nSPS) is 10.5. The third kappa shape index (κ3) is 2.13. The highest BCUT2D eigenvalue weighted by Gasteiger charge is 2.25. The lowest BCUT2D eigenvalue weighted by atomic mass is 10.2. The largest absolute Gasteiger partial charge is 0.504 e. The van der Waals surface area contributed by atoms with Gasteiger partial charge in [0.25, 0.3) is 0 Å². The Labute approximate surface area is 108 Å². The third-order valence-corrected chi connectivity index (χ3v) is 2.33.